The Balaban J connectivity index is 1.88. The zero-order valence-electron chi connectivity index (χ0n) is 20.7. The number of amides is 3. The number of hydrogen-bond donors (Lipinski definition) is 1. The van der Waals surface area contributed by atoms with Gasteiger partial charge >= 0.3 is 18.2 Å². The van der Waals surface area contributed by atoms with Gasteiger partial charge in [-0.1, -0.05) is 29.8 Å². The molecule has 0 spiro atoms. The molecule has 0 aromatic heterocycles. The maximum Gasteiger partial charge on any atom is 0.422 e. The third kappa shape index (κ3) is 6.65. The topological polar surface area (TPSA) is 88.2 Å². The highest BCUT2D eigenvalue weighted by Crippen LogP contribution is 2.32. The number of ether oxygens (including phenoxy) is 2. The first-order valence-corrected chi connectivity index (χ1v) is 11.7. The molecule has 0 unspecified atom stereocenters. The maximum atomic E-state index is 13.6. The summed E-state index contributed by atoms with van der Waals surface area (Å²) >= 11 is 6.27. The highest BCUT2D eigenvalue weighted by molar-refractivity contribution is 6.34. The molecule has 1 atom stereocenters. The SMILES string of the molecule is COC(=O)C(C)(C)NC(=O)N1Cc2ccccc2N(C(=O)c2ccc(OCC(F)(F)F)cc2Cl)C[C@H]1C. The zero-order valence-corrected chi connectivity index (χ0v) is 21.4. The summed E-state index contributed by atoms with van der Waals surface area (Å²) in [5.74, 6) is -1.23. The number of urea groups is 1. The Kier molecular flexibility index (Phi) is 8.26. The standard InChI is InChI=1S/C25H27ClF3N3O5/c1-15-12-32(21(33)18-10-9-17(11-19(18)26)37-14-25(27,28)29)20-8-6-5-7-16(20)13-31(15)23(35)30-24(2,3)22(34)36-4/h5-11,15H,12-14H2,1-4H3,(H,30,35)/t15-/m1/s1. The number of methoxy groups -OCH3 is 1. The molecule has 2 aromatic carbocycles. The molecule has 3 rings (SSSR count). The van der Waals surface area contributed by atoms with Crippen molar-refractivity contribution in [2.45, 2.75) is 45.1 Å². The highest BCUT2D eigenvalue weighted by atomic mass is 35.5. The lowest BCUT2D eigenvalue weighted by Gasteiger charge is -2.32. The number of anilines is 1. The van der Waals surface area contributed by atoms with Crippen LogP contribution in [-0.4, -0.2) is 60.8 Å². The van der Waals surface area contributed by atoms with Gasteiger partial charge in [-0.2, -0.15) is 13.2 Å². The molecule has 0 aliphatic carbocycles. The molecule has 1 aliphatic heterocycles. The lowest BCUT2D eigenvalue weighted by atomic mass is 10.1. The van der Waals surface area contributed by atoms with E-state index < -0.39 is 42.3 Å². The van der Waals surface area contributed by atoms with Crippen molar-refractivity contribution in [1.82, 2.24) is 10.2 Å². The number of hydrogen-bond acceptors (Lipinski definition) is 5. The van der Waals surface area contributed by atoms with Gasteiger partial charge in [0, 0.05) is 24.8 Å². The van der Waals surface area contributed by atoms with Crippen LogP contribution in [0.3, 0.4) is 0 Å². The Morgan fingerprint density at radius 2 is 1.81 bits per heavy atom. The molecular formula is C25H27ClF3N3O5. The van der Waals surface area contributed by atoms with E-state index in [1.54, 1.807) is 31.2 Å². The number of nitrogens with one attached hydrogen (secondary N) is 1. The molecule has 1 heterocycles. The number of esters is 1. The molecule has 37 heavy (non-hydrogen) atoms. The molecule has 12 heteroatoms. The number of carbonyl (C=O) groups is 3. The fourth-order valence-electron chi connectivity index (χ4n) is 3.89. The number of para-hydroxylation sites is 1. The van der Waals surface area contributed by atoms with Crippen LogP contribution in [-0.2, 0) is 16.1 Å². The second kappa shape index (κ2) is 10.9. The van der Waals surface area contributed by atoms with Gasteiger partial charge in [-0.3, -0.25) is 4.79 Å². The minimum absolute atomic E-state index is 0.0627. The molecule has 0 saturated carbocycles. The fourth-order valence-corrected chi connectivity index (χ4v) is 4.14. The van der Waals surface area contributed by atoms with E-state index in [1.165, 1.54) is 42.9 Å². The van der Waals surface area contributed by atoms with Crippen LogP contribution in [0.4, 0.5) is 23.7 Å². The predicted octanol–water partition coefficient (Wildman–Crippen LogP) is 4.79. The van der Waals surface area contributed by atoms with Crippen molar-refractivity contribution >= 4 is 35.2 Å². The normalized spacial score (nSPS) is 15.9. The van der Waals surface area contributed by atoms with Gasteiger partial charge in [0.25, 0.3) is 5.91 Å². The summed E-state index contributed by atoms with van der Waals surface area (Å²) in [6.07, 6.45) is -4.52. The number of fused-ring (bicyclic) bond motifs is 1. The van der Waals surface area contributed by atoms with Crippen LogP contribution in [0.1, 0.15) is 36.7 Å². The third-order valence-electron chi connectivity index (χ3n) is 5.80. The average Bonchev–Trinajstić information content (AvgIpc) is 2.97. The zero-order chi connectivity index (χ0) is 27.5. The summed E-state index contributed by atoms with van der Waals surface area (Å²) in [7, 11) is 1.23. The van der Waals surface area contributed by atoms with E-state index in [0.29, 0.717) is 11.3 Å². The Bertz CT molecular complexity index is 1190. The monoisotopic (exact) mass is 541 g/mol. The van der Waals surface area contributed by atoms with Gasteiger partial charge < -0.3 is 24.6 Å². The molecule has 8 nitrogen and oxygen atoms in total. The summed E-state index contributed by atoms with van der Waals surface area (Å²) in [5, 5.41) is 2.60. The van der Waals surface area contributed by atoms with E-state index >= 15 is 0 Å². The van der Waals surface area contributed by atoms with Gasteiger partial charge in [0.15, 0.2) is 6.61 Å². The molecule has 0 bridgehead atoms. The summed E-state index contributed by atoms with van der Waals surface area (Å²) in [6.45, 7) is 3.55. The van der Waals surface area contributed by atoms with Crippen LogP contribution < -0.4 is 15.0 Å². The van der Waals surface area contributed by atoms with Gasteiger partial charge in [0.1, 0.15) is 11.3 Å². The summed E-state index contributed by atoms with van der Waals surface area (Å²) in [6, 6.07) is 9.71. The van der Waals surface area contributed by atoms with Crippen molar-refractivity contribution in [3.05, 3.63) is 58.6 Å². The summed E-state index contributed by atoms with van der Waals surface area (Å²) in [4.78, 5) is 41.8. The number of benzene rings is 2. The number of alkyl halides is 3. The van der Waals surface area contributed by atoms with E-state index in [-0.39, 0.29) is 29.4 Å². The smallest absolute Gasteiger partial charge is 0.422 e. The molecule has 2 aromatic rings. The van der Waals surface area contributed by atoms with Gasteiger partial charge in [-0.05, 0) is 50.6 Å². The van der Waals surface area contributed by atoms with E-state index in [9.17, 15) is 27.6 Å². The van der Waals surface area contributed by atoms with Crippen LogP contribution in [0.5, 0.6) is 5.75 Å². The van der Waals surface area contributed by atoms with Crippen molar-refractivity contribution in [3.8, 4) is 5.75 Å². The first kappa shape index (κ1) is 28.1. The van der Waals surface area contributed by atoms with Crippen molar-refractivity contribution in [2.24, 2.45) is 0 Å². The van der Waals surface area contributed by atoms with Crippen molar-refractivity contribution < 1.29 is 37.0 Å². The van der Waals surface area contributed by atoms with E-state index in [2.05, 4.69) is 5.32 Å². The third-order valence-corrected chi connectivity index (χ3v) is 6.11. The molecule has 1 aliphatic rings. The Morgan fingerprint density at radius 3 is 2.43 bits per heavy atom. The second-order valence-corrected chi connectivity index (χ2v) is 9.52. The van der Waals surface area contributed by atoms with E-state index in [4.69, 9.17) is 21.1 Å². The first-order valence-electron chi connectivity index (χ1n) is 11.3. The minimum Gasteiger partial charge on any atom is -0.484 e. The van der Waals surface area contributed by atoms with Gasteiger partial charge in [0.2, 0.25) is 0 Å². The van der Waals surface area contributed by atoms with E-state index in [0.717, 1.165) is 6.07 Å². The Labute approximate surface area is 217 Å². The predicted molar refractivity (Wildman–Crippen MR) is 131 cm³/mol. The largest absolute Gasteiger partial charge is 0.484 e. The highest BCUT2D eigenvalue weighted by Gasteiger charge is 2.36. The van der Waals surface area contributed by atoms with Crippen LogP contribution in [0.25, 0.3) is 0 Å². The van der Waals surface area contributed by atoms with Crippen molar-refractivity contribution in [2.75, 3.05) is 25.2 Å². The summed E-state index contributed by atoms with van der Waals surface area (Å²) in [5.41, 5.74) is 0.00616. The maximum absolute atomic E-state index is 13.6. The number of rotatable bonds is 5. The lowest BCUT2D eigenvalue weighted by Crippen LogP contribution is -2.56. The van der Waals surface area contributed by atoms with Gasteiger partial charge in [-0.15, -0.1) is 0 Å². The summed E-state index contributed by atoms with van der Waals surface area (Å²) < 4.78 is 46.9. The molecule has 0 saturated heterocycles. The van der Waals surface area contributed by atoms with Crippen LogP contribution in [0.15, 0.2) is 42.5 Å². The Morgan fingerprint density at radius 1 is 1.14 bits per heavy atom. The molecule has 0 fully saturated rings. The molecule has 200 valence electrons. The average molecular weight is 542 g/mol. The number of carbonyl (C=O) groups excluding carboxylic acids is 3. The van der Waals surface area contributed by atoms with Gasteiger partial charge in [0.05, 0.1) is 17.7 Å². The molecule has 1 N–H and O–H groups in total. The molecule has 0 radical (unpaired) electrons. The van der Waals surface area contributed by atoms with Crippen molar-refractivity contribution in [3.63, 3.8) is 0 Å². The lowest BCUT2D eigenvalue weighted by molar-refractivity contribution is -0.153. The Hall–Kier alpha value is -3.47. The minimum atomic E-state index is -4.52. The second-order valence-electron chi connectivity index (χ2n) is 9.11. The van der Waals surface area contributed by atoms with Crippen LogP contribution in [0.2, 0.25) is 5.02 Å². The van der Waals surface area contributed by atoms with Gasteiger partial charge in [-0.25, -0.2) is 9.59 Å². The quantitative estimate of drug-likeness (QED) is 0.550. The molecule has 3 amide bonds. The van der Waals surface area contributed by atoms with Crippen LogP contribution >= 0.6 is 11.6 Å². The van der Waals surface area contributed by atoms with E-state index in [1.807, 2.05) is 0 Å². The number of halogens is 4. The number of nitrogens with zero attached hydrogens (tertiary/aromatic N) is 2. The van der Waals surface area contributed by atoms with Crippen LogP contribution in [0, 0.1) is 0 Å². The fraction of sp³-hybridized carbons (Fsp3) is 0.400. The first-order chi connectivity index (χ1) is 17.2. The van der Waals surface area contributed by atoms with Crippen molar-refractivity contribution in [1.29, 1.82) is 0 Å². The molecular weight excluding hydrogens is 515 g/mol.